The average molecular weight is 385 g/mol. The first-order valence-corrected chi connectivity index (χ1v) is 8.91. The van der Waals surface area contributed by atoms with Gasteiger partial charge in [0.2, 0.25) is 5.78 Å². The number of aliphatic hydroxyl groups excluding tert-OH is 2. The van der Waals surface area contributed by atoms with Crippen molar-refractivity contribution in [3.05, 3.63) is 64.2 Å². The maximum atomic E-state index is 15.0. The molecule has 3 rings (SSSR count). The van der Waals surface area contributed by atoms with Crippen LogP contribution < -0.4 is 9.47 Å². The maximum absolute atomic E-state index is 15.0. The minimum absolute atomic E-state index is 0.0637. The van der Waals surface area contributed by atoms with Crippen LogP contribution in [0.1, 0.15) is 52.6 Å². The molecule has 28 heavy (non-hydrogen) atoms. The molecular formula is C22H23FO5. The first-order chi connectivity index (χ1) is 13.3. The molecule has 5 nitrogen and oxygen atoms in total. The second kappa shape index (κ2) is 7.73. The third-order valence-electron chi connectivity index (χ3n) is 4.73. The predicted molar refractivity (Wildman–Crippen MR) is 103 cm³/mol. The van der Waals surface area contributed by atoms with E-state index >= 15 is 4.39 Å². The SMILES string of the molecule is COc1cc(C([18F])C(=O)c2ccc3c(c2)C=CC(C)(C)O3)cc(CO)c1CO. The quantitative estimate of drug-likeness (QED) is 0.741. The van der Waals surface area contributed by atoms with Gasteiger partial charge in [-0.2, -0.15) is 0 Å². The minimum Gasteiger partial charge on any atom is -0.496 e. The van der Waals surface area contributed by atoms with E-state index in [-0.39, 0.29) is 23.5 Å². The minimum atomic E-state index is -1.94. The summed E-state index contributed by atoms with van der Waals surface area (Å²) >= 11 is 0. The van der Waals surface area contributed by atoms with Crippen molar-refractivity contribution in [2.24, 2.45) is 0 Å². The van der Waals surface area contributed by atoms with E-state index in [1.165, 1.54) is 25.3 Å². The fourth-order valence-electron chi connectivity index (χ4n) is 3.21. The Kier molecular flexibility index (Phi) is 5.54. The fraction of sp³-hybridized carbons (Fsp3) is 0.318. The number of halogens is 1. The summed E-state index contributed by atoms with van der Waals surface area (Å²) in [6, 6.07) is 7.55. The van der Waals surface area contributed by atoms with Crippen molar-refractivity contribution in [1.82, 2.24) is 0 Å². The normalized spacial score (nSPS) is 15.5. The highest BCUT2D eigenvalue weighted by molar-refractivity contribution is 6.00. The molecule has 0 saturated heterocycles. The van der Waals surface area contributed by atoms with Crippen LogP contribution in [0, 0.1) is 0 Å². The molecule has 2 aromatic rings. The van der Waals surface area contributed by atoms with E-state index in [1.807, 2.05) is 26.0 Å². The monoisotopic (exact) mass is 385 g/mol. The number of hydrogen-bond donors (Lipinski definition) is 2. The van der Waals surface area contributed by atoms with Crippen molar-refractivity contribution in [3.63, 3.8) is 0 Å². The van der Waals surface area contributed by atoms with Crippen LogP contribution in [-0.2, 0) is 13.2 Å². The number of carbonyl (C=O) groups is 1. The molecule has 0 fully saturated rings. The highest BCUT2D eigenvalue weighted by Gasteiger charge is 2.26. The zero-order valence-corrected chi connectivity index (χ0v) is 16.0. The molecule has 2 N–H and O–H groups in total. The Bertz CT molecular complexity index is 908. The van der Waals surface area contributed by atoms with Gasteiger partial charge in [0.25, 0.3) is 0 Å². The van der Waals surface area contributed by atoms with Crippen LogP contribution in [0.5, 0.6) is 11.5 Å². The summed E-state index contributed by atoms with van der Waals surface area (Å²) in [5, 5.41) is 19.0. The van der Waals surface area contributed by atoms with Crippen LogP contribution in [-0.4, -0.2) is 28.7 Å². The van der Waals surface area contributed by atoms with Gasteiger partial charge in [0.05, 0.1) is 20.3 Å². The largest absolute Gasteiger partial charge is 0.496 e. The molecule has 0 spiro atoms. The molecule has 0 amide bonds. The summed E-state index contributed by atoms with van der Waals surface area (Å²) in [4.78, 5) is 12.7. The van der Waals surface area contributed by atoms with E-state index in [2.05, 4.69) is 0 Å². The standard InChI is InChI=1S/C22H23FO5/c1-22(2)7-6-13-8-14(4-5-18(13)28-22)21(26)20(23)15-9-16(11-24)17(12-25)19(10-15)27-3/h4-10,20,24-25H,11-12H2,1-3H3/i23-1. The van der Waals surface area contributed by atoms with E-state index in [0.29, 0.717) is 22.4 Å². The molecule has 1 aliphatic rings. The number of ketones is 1. The van der Waals surface area contributed by atoms with Crippen LogP contribution >= 0.6 is 0 Å². The Labute approximate surface area is 163 Å². The first kappa shape index (κ1) is 20.0. The second-order valence-electron chi connectivity index (χ2n) is 7.20. The summed E-state index contributed by atoms with van der Waals surface area (Å²) in [5.41, 5.74) is 1.24. The van der Waals surface area contributed by atoms with Crippen molar-refractivity contribution in [1.29, 1.82) is 0 Å². The van der Waals surface area contributed by atoms with Crippen molar-refractivity contribution in [2.45, 2.75) is 38.8 Å². The molecule has 1 heterocycles. The van der Waals surface area contributed by atoms with Crippen LogP contribution in [0.4, 0.5) is 4.39 Å². The van der Waals surface area contributed by atoms with Crippen LogP contribution in [0.25, 0.3) is 6.08 Å². The van der Waals surface area contributed by atoms with Gasteiger partial charge in [0, 0.05) is 16.7 Å². The topological polar surface area (TPSA) is 76.0 Å². The molecule has 0 aromatic heterocycles. The van der Waals surface area contributed by atoms with Gasteiger partial charge in [-0.05, 0) is 61.4 Å². The Morgan fingerprint density at radius 1 is 1.21 bits per heavy atom. The lowest BCUT2D eigenvalue weighted by molar-refractivity contribution is 0.0877. The summed E-state index contributed by atoms with van der Waals surface area (Å²) in [6.45, 7) is 3.08. The Morgan fingerprint density at radius 3 is 2.61 bits per heavy atom. The van der Waals surface area contributed by atoms with Gasteiger partial charge in [0.15, 0.2) is 6.17 Å². The van der Waals surface area contributed by atoms with Gasteiger partial charge in [-0.3, -0.25) is 4.79 Å². The first-order valence-electron chi connectivity index (χ1n) is 8.91. The third kappa shape index (κ3) is 3.79. The summed E-state index contributed by atoms with van der Waals surface area (Å²) in [7, 11) is 1.38. The van der Waals surface area contributed by atoms with E-state index in [1.54, 1.807) is 12.1 Å². The lowest BCUT2D eigenvalue weighted by atomic mass is 9.94. The van der Waals surface area contributed by atoms with Crippen LogP contribution in [0.2, 0.25) is 0 Å². The molecule has 148 valence electrons. The number of alkyl halides is 1. The van der Waals surface area contributed by atoms with Gasteiger partial charge in [-0.15, -0.1) is 0 Å². The number of rotatable bonds is 6. The third-order valence-corrected chi connectivity index (χ3v) is 4.73. The number of fused-ring (bicyclic) bond motifs is 1. The maximum Gasteiger partial charge on any atom is 0.201 e. The van der Waals surface area contributed by atoms with E-state index < -0.39 is 24.2 Å². The number of methoxy groups -OCH3 is 1. The fourth-order valence-corrected chi connectivity index (χ4v) is 3.21. The Morgan fingerprint density at radius 2 is 1.96 bits per heavy atom. The molecule has 0 saturated carbocycles. The predicted octanol–water partition coefficient (Wildman–Crippen LogP) is 3.76. The van der Waals surface area contributed by atoms with Crippen molar-refractivity contribution >= 4 is 11.9 Å². The Hall–Kier alpha value is -2.70. The zero-order chi connectivity index (χ0) is 20.5. The molecule has 0 bridgehead atoms. The molecule has 1 aliphatic heterocycles. The number of benzene rings is 2. The Balaban J connectivity index is 1.93. The van der Waals surface area contributed by atoms with Gasteiger partial charge >= 0.3 is 0 Å². The van der Waals surface area contributed by atoms with Crippen LogP contribution in [0.3, 0.4) is 0 Å². The zero-order valence-electron chi connectivity index (χ0n) is 16.0. The highest BCUT2D eigenvalue weighted by atomic mass is 18.2. The molecule has 1 unspecified atom stereocenters. The smallest absolute Gasteiger partial charge is 0.201 e. The van der Waals surface area contributed by atoms with Crippen molar-refractivity contribution in [3.8, 4) is 11.5 Å². The van der Waals surface area contributed by atoms with E-state index in [4.69, 9.17) is 9.47 Å². The molecule has 0 radical (unpaired) electrons. The lowest BCUT2D eigenvalue weighted by Crippen LogP contribution is -2.27. The molecular weight excluding hydrogens is 362 g/mol. The summed E-state index contributed by atoms with van der Waals surface area (Å²) < 4.78 is 26.0. The average Bonchev–Trinajstić information content (AvgIpc) is 2.70. The number of aliphatic hydroxyl groups is 2. The highest BCUT2D eigenvalue weighted by Crippen LogP contribution is 2.34. The molecule has 0 aliphatic carbocycles. The molecule has 2 aromatic carbocycles. The van der Waals surface area contributed by atoms with Gasteiger partial charge in [-0.25, -0.2) is 4.39 Å². The van der Waals surface area contributed by atoms with Crippen molar-refractivity contribution < 1.29 is 28.9 Å². The summed E-state index contributed by atoms with van der Waals surface area (Å²) in [5.74, 6) is 0.156. The molecule has 1 atom stereocenters. The van der Waals surface area contributed by atoms with E-state index in [9.17, 15) is 15.0 Å². The van der Waals surface area contributed by atoms with E-state index in [0.717, 1.165) is 0 Å². The second-order valence-corrected chi connectivity index (χ2v) is 7.20. The van der Waals surface area contributed by atoms with Gasteiger partial charge in [0.1, 0.15) is 17.1 Å². The lowest BCUT2D eigenvalue weighted by Gasteiger charge is -2.28. The van der Waals surface area contributed by atoms with Crippen LogP contribution in [0.15, 0.2) is 36.4 Å². The molecule has 6 heteroatoms. The number of carbonyl (C=O) groups excluding carboxylic acids is 1. The summed E-state index contributed by atoms with van der Waals surface area (Å²) in [6.07, 6.45) is 1.80. The van der Waals surface area contributed by atoms with Crippen molar-refractivity contribution in [2.75, 3.05) is 7.11 Å². The van der Waals surface area contributed by atoms with Gasteiger partial charge in [-0.1, -0.05) is 6.08 Å². The number of ether oxygens (including phenoxy) is 2. The number of Topliss-reactive ketones (excluding diaryl/α,β-unsaturated/α-hetero) is 1. The number of hydrogen-bond acceptors (Lipinski definition) is 5. The van der Waals surface area contributed by atoms with Gasteiger partial charge < -0.3 is 19.7 Å².